The molecule has 1 atom stereocenters. The molecule has 2 heterocycles. The summed E-state index contributed by atoms with van der Waals surface area (Å²) in [4.78, 5) is 19.8. The van der Waals surface area contributed by atoms with Crippen LogP contribution in [0.4, 0.5) is 0 Å². The normalized spacial score (nSPS) is 27.2. The molecule has 0 aromatic rings. The van der Waals surface area contributed by atoms with Gasteiger partial charge in [-0.1, -0.05) is 0 Å². The molecule has 1 N–H and O–H groups in total. The molecule has 5 nitrogen and oxygen atoms in total. The topological polar surface area (TPSA) is 39.9 Å². The lowest BCUT2D eigenvalue weighted by Gasteiger charge is -2.38. The Hall–Kier alpha value is -1.12. The van der Waals surface area contributed by atoms with Crippen LogP contribution in [0.25, 0.3) is 4.85 Å². The summed E-state index contributed by atoms with van der Waals surface area (Å²) in [6.45, 7) is 12.6. The molecule has 0 bridgehead atoms. The van der Waals surface area contributed by atoms with E-state index in [2.05, 4.69) is 29.0 Å². The van der Waals surface area contributed by atoms with E-state index < -0.39 is 0 Å². The highest BCUT2D eigenvalue weighted by Crippen LogP contribution is 2.21. The summed E-state index contributed by atoms with van der Waals surface area (Å²) in [6.07, 6.45) is 3.71. The molecule has 5 heteroatoms. The summed E-state index contributed by atoms with van der Waals surface area (Å²) in [5.74, 6) is 0.0821. The van der Waals surface area contributed by atoms with E-state index in [4.69, 9.17) is 6.57 Å². The maximum absolute atomic E-state index is 12.2. The van der Waals surface area contributed by atoms with Gasteiger partial charge in [0.25, 0.3) is 0 Å². The first kappa shape index (κ1) is 14.3. The Morgan fingerprint density at radius 2 is 2.11 bits per heavy atom. The van der Waals surface area contributed by atoms with Crippen LogP contribution in [0.5, 0.6) is 0 Å². The Labute approximate surface area is 115 Å². The fourth-order valence-electron chi connectivity index (χ4n) is 2.85. The van der Waals surface area contributed by atoms with E-state index in [0.29, 0.717) is 6.54 Å². The Morgan fingerprint density at radius 3 is 2.74 bits per heavy atom. The fraction of sp³-hybridized carbons (Fsp3) is 0.857. The van der Waals surface area contributed by atoms with Crippen molar-refractivity contribution < 1.29 is 4.79 Å². The van der Waals surface area contributed by atoms with Crippen molar-refractivity contribution in [2.45, 2.75) is 44.3 Å². The average molecular weight is 264 g/mol. The first-order chi connectivity index (χ1) is 9.04. The molecule has 0 unspecified atom stereocenters. The molecule has 1 amide bonds. The van der Waals surface area contributed by atoms with Crippen LogP contribution >= 0.6 is 0 Å². The lowest BCUT2D eigenvalue weighted by molar-refractivity contribution is -0.130. The van der Waals surface area contributed by atoms with E-state index in [1.807, 2.05) is 0 Å². The second-order valence-corrected chi connectivity index (χ2v) is 6.06. The molecule has 0 saturated carbocycles. The molecule has 2 aliphatic heterocycles. The minimum Gasteiger partial charge on any atom is -0.306 e. The molecule has 0 radical (unpaired) electrons. The van der Waals surface area contributed by atoms with Crippen LogP contribution in [-0.2, 0) is 4.79 Å². The van der Waals surface area contributed by atoms with E-state index >= 15 is 0 Å². The number of likely N-dealkylation sites (tertiary alicyclic amines) is 2. The quantitative estimate of drug-likeness (QED) is 0.771. The number of carbonyl (C=O) groups is 1. The summed E-state index contributed by atoms with van der Waals surface area (Å²) in [7, 11) is 2.13. The number of rotatable bonds is 3. The summed E-state index contributed by atoms with van der Waals surface area (Å²) < 4.78 is 0. The first-order valence-electron chi connectivity index (χ1n) is 7.14. The molecule has 2 rings (SSSR count). The molecule has 0 aromatic carbocycles. The van der Waals surface area contributed by atoms with Crippen LogP contribution in [0, 0.1) is 6.57 Å². The van der Waals surface area contributed by atoms with Gasteiger partial charge in [-0.15, -0.1) is 0 Å². The minimum atomic E-state index is -0.223. The van der Waals surface area contributed by atoms with Gasteiger partial charge in [0, 0.05) is 18.5 Å². The highest BCUT2D eigenvalue weighted by atomic mass is 16.2. The van der Waals surface area contributed by atoms with Gasteiger partial charge in [-0.05, 0) is 46.3 Å². The number of hydrogen-bond acceptors (Lipinski definition) is 3. The molecule has 0 aliphatic carbocycles. The van der Waals surface area contributed by atoms with Crippen LogP contribution in [0.1, 0.15) is 32.6 Å². The number of amides is 1. The van der Waals surface area contributed by atoms with Crippen molar-refractivity contribution in [3.8, 4) is 0 Å². The average Bonchev–Trinajstić information content (AvgIpc) is 2.88. The van der Waals surface area contributed by atoms with Gasteiger partial charge in [0.2, 0.25) is 5.91 Å². The monoisotopic (exact) mass is 264 g/mol. The predicted octanol–water partition coefficient (Wildman–Crippen LogP) is 0.928. The van der Waals surface area contributed by atoms with Crippen molar-refractivity contribution in [1.82, 2.24) is 15.1 Å². The van der Waals surface area contributed by atoms with Crippen LogP contribution in [-0.4, -0.2) is 60.6 Å². The van der Waals surface area contributed by atoms with Gasteiger partial charge in [-0.25, -0.2) is 6.57 Å². The van der Waals surface area contributed by atoms with E-state index in [-0.39, 0.29) is 17.6 Å². The molecule has 0 spiro atoms. The second kappa shape index (κ2) is 5.89. The smallest absolute Gasteiger partial charge is 0.300 e. The maximum atomic E-state index is 12.2. The lowest BCUT2D eigenvalue weighted by Crippen LogP contribution is -2.53. The standard InChI is InChI=1S/C14H24N4O/c1-14(6-9-17(3)10-7-14)16-11-13(19)18-8-4-5-12(18)15-2/h12,16H,4-11H2,1,3H3/t12-/m0/s1. The summed E-state index contributed by atoms with van der Waals surface area (Å²) in [6, 6.07) is 0. The fourth-order valence-corrected chi connectivity index (χ4v) is 2.85. The zero-order valence-corrected chi connectivity index (χ0v) is 12.0. The van der Waals surface area contributed by atoms with Crippen LogP contribution in [0.3, 0.4) is 0 Å². The molecule has 2 aliphatic rings. The van der Waals surface area contributed by atoms with Crippen molar-refractivity contribution in [2.75, 3.05) is 33.2 Å². The number of nitrogens with one attached hydrogen (secondary N) is 1. The SMILES string of the molecule is [C-]#[N+][C@@H]1CCCN1C(=O)CNC1(C)CCN(C)CC1. The molecule has 0 aromatic heterocycles. The Morgan fingerprint density at radius 1 is 1.42 bits per heavy atom. The predicted molar refractivity (Wildman–Crippen MR) is 74.5 cm³/mol. The van der Waals surface area contributed by atoms with E-state index in [1.54, 1.807) is 4.90 Å². The largest absolute Gasteiger partial charge is 0.306 e. The third kappa shape index (κ3) is 3.46. The maximum Gasteiger partial charge on any atom is 0.300 e. The van der Waals surface area contributed by atoms with Gasteiger partial charge in [0.1, 0.15) is 0 Å². The number of hydrogen-bond donors (Lipinski definition) is 1. The zero-order valence-electron chi connectivity index (χ0n) is 12.0. The second-order valence-electron chi connectivity index (χ2n) is 6.06. The van der Waals surface area contributed by atoms with Gasteiger partial charge >= 0.3 is 6.17 Å². The first-order valence-corrected chi connectivity index (χ1v) is 7.14. The highest BCUT2D eigenvalue weighted by molar-refractivity contribution is 5.79. The zero-order chi connectivity index (χ0) is 13.9. The van der Waals surface area contributed by atoms with Crippen LogP contribution in [0.15, 0.2) is 0 Å². The van der Waals surface area contributed by atoms with Crippen molar-refractivity contribution >= 4 is 5.91 Å². The van der Waals surface area contributed by atoms with Gasteiger partial charge < -0.3 is 10.2 Å². The molecule has 2 saturated heterocycles. The Bertz CT molecular complexity index is 368. The molecular formula is C14H24N4O. The van der Waals surface area contributed by atoms with Crippen molar-refractivity contribution in [2.24, 2.45) is 0 Å². The van der Waals surface area contributed by atoms with Crippen LogP contribution < -0.4 is 5.32 Å². The third-order valence-corrected chi connectivity index (χ3v) is 4.45. The summed E-state index contributed by atoms with van der Waals surface area (Å²) in [5, 5.41) is 3.42. The van der Waals surface area contributed by atoms with Gasteiger partial charge in [-0.3, -0.25) is 14.5 Å². The Balaban J connectivity index is 1.82. The molecular weight excluding hydrogens is 240 g/mol. The summed E-state index contributed by atoms with van der Waals surface area (Å²) >= 11 is 0. The van der Waals surface area contributed by atoms with Crippen molar-refractivity contribution in [3.05, 3.63) is 11.4 Å². The Kier molecular flexibility index (Phi) is 4.43. The molecule has 19 heavy (non-hydrogen) atoms. The summed E-state index contributed by atoms with van der Waals surface area (Å²) in [5.41, 5.74) is 0.0650. The minimum absolute atomic E-state index is 0.0650. The highest BCUT2D eigenvalue weighted by Gasteiger charge is 2.34. The molecule has 2 fully saturated rings. The van der Waals surface area contributed by atoms with E-state index in [0.717, 1.165) is 45.3 Å². The van der Waals surface area contributed by atoms with E-state index in [1.165, 1.54) is 0 Å². The van der Waals surface area contributed by atoms with Crippen molar-refractivity contribution in [3.63, 3.8) is 0 Å². The number of carbonyl (C=O) groups excluding carboxylic acids is 1. The van der Waals surface area contributed by atoms with Gasteiger partial charge in [0.15, 0.2) is 0 Å². The molecule has 106 valence electrons. The number of nitrogens with zero attached hydrogens (tertiary/aromatic N) is 3. The van der Waals surface area contributed by atoms with Crippen molar-refractivity contribution in [1.29, 1.82) is 0 Å². The lowest BCUT2D eigenvalue weighted by atomic mass is 9.90. The van der Waals surface area contributed by atoms with Crippen LogP contribution in [0.2, 0.25) is 0 Å². The van der Waals surface area contributed by atoms with E-state index in [9.17, 15) is 4.79 Å². The number of piperidine rings is 1. The van der Waals surface area contributed by atoms with Gasteiger partial charge in [0.05, 0.1) is 6.54 Å². The third-order valence-electron chi connectivity index (χ3n) is 4.45. The van der Waals surface area contributed by atoms with Gasteiger partial charge in [-0.2, -0.15) is 0 Å².